The summed E-state index contributed by atoms with van der Waals surface area (Å²) in [6.07, 6.45) is 0. The van der Waals surface area contributed by atoms with Gasteiger partial charge in [-0.2, -0.15) is 0 Å². The van der Waals surface area contributed by atoms with Gasteiger partial charge in [-0.3, -0.25) is 4.90 Å². The van der Waals surface area contributed by atoms with Gasteiger partial charge in [-0.1, -0.05) is 42.5 Å². The van der Waals surface area contributed by atoms with Crippen LogP contribution in [-0.4, -0.2) is 24.5 Å². The molecule has 1 aliphatic heterocycles. The summed E-state index contributed by atoms with van der Waals surface area (Å²) in [7, 11) is 0. The molecule has 3 heteroatoms. The molecule has 0 aliphatic carbocycles. The Morgan fingerprint density at radius 1 is 1.05 bits per heavy atom. The SMILES string of the molecule is Fc1ccc(CN2CCNC(c3ccccc3)C2)cc1. The Bertz CT molecular complexity index is 539. The van der Waals surface area contributed by atoms with E-state index in [-0.39, 0.29) is 5.82 Å². The molecule has 3 rings (SSSR count). The van der Waals surface area contributed by atoms with E-state index in [1.165, 1.54) is 23.3 Å². The Kier molecular flexibility index (Phi) is 4.09. The Balaban J connectivity index is 1.65. The lowest BCUT2D eigenvalue weighted by molar-refractivity contribution is 0.193. The predicted molar refractivity (Wildman–Crippen MR) is 78.9 cm³/mol. The van der Waals surface area contributed by atoms with Crippen LogP contribution in [-0.2, 0) is 6.54 Å². The van der Waals surface area contributed by atoms with Gasteiger partial charge in [0, 0.05) is 32.2 Å². The maximum atomic E-state index is 12.9. The highest BCUT2D eigenvalue weighted by atomic mass is 19.1. The van der Waals surface area contributed by atoms with Gasteiger partial charge >= 0.3 is 0 Å². The number of hydrogen-bond acceptors (Lipinski definition) is 2. The predicted octanol–water partition coefficient (Wildman–Crippen LogP) is 2.97. The molecular formula is C17H19FN2. The molecule has 1 fully saturated rings. The van der Waals surface area contributed by atoms with Crippen molar-refractivity contribution in [1.82, 2.24) is 10.2 Å². The van der Waals surface area contributed by atoms with E-state index in [2.05, 4.69) is 34.5 Å². The molecule has 1 atom stereocenters. The molecular weight excluding hydrogens is 251 g/mol. The van der Waals surface area contributed by atoms with Crippen LogP contribution in [0, 0.1) is 5.82 Å². The number of nitrogens with zero attached hydrogens (tertiary/aromatic N) is 1. The van der Waals surface area contributed by atoms with Gasteiger partial charge in [0.25, 0.3) is 0 Å². The maximum Gasteiger partial charge on any atom is 0.123 e. The van der Waals surface area contributed by atoms with Crippen molar-refractivity contribution in [1.29, 1.82) is 0 Å². The summed E-state index contributed by atoms with van der Waals surface area (Å²) >= 11 is 0. The van der Waals surface area contributed by atoms with Crippen LogP contribution in [0.2, 0.25) is 0 Å². The third-order valence-electron chi connectivity index (χ3n) is 3.78. The van der Waals surface area contributed by atoms with Gasteiger partial charge in [-0.15, -0.1) is 0 Å². The fourth-order valence-corrected chi connectivity index (χ4v) is 2.71. The second-order valence-corrected chi connectivity index (χ2v) is 5.28. The minimum atomic E-state index is -0.170. The van der Waals surface area contributed by atoms with Gasteiger partial charge in [-0.25, -0.2) is 4.39 Å². The van der Waals surface area contributed by atoms with Crippen LogP contribution in [0.25, 0.3) is 0 Å². The second-order valence-electron chi connectivity index (χ2n) is 5.28. The molecule has 1 unspecified atom stereocenters. The van der Waals surface area contributed by atoms with Crippen molar-refractivity contribution in [2.45, 2.75) is 12.6 Å². The largest absolute Gasteiger partial charge is 0.308 e. The van der Waals surface area contributed by atoms with Gasteiger partial charge in [0.2, 0.25) is 0 Å². The van der Waals surface area contributed by atoms with Crippen LogP contribution < -0.4 is 5.32 Å². The van der Waals surface area contributed by atoms with E-state index in [0.717, 1.165) is 26.2 Å². The Morgan fingerprint density at radius 2 is 1.80 bits per heavy atom. The van der Waals surface area contributed by atoms with Crippen molar-refractivity contribution >= 4 is 0 Å². The first-order valence-electron chi connectivity index (χ1n) is 7.06. The highest BCUT2D eigenvalue weighted by molar-refractivity contribution is 5.20. The third-order valence-corrected chi connectivity index (χ3v) is 3.78. The monoisotopic (exact) mass is 270 g/mol. The minimum absolute atomic E-state index is 0.170. The first kappa shape index (κ1) is 13.3. The average molecular weight is 270 g/mol. The van der Waals surface area contributed by atoms with Crippen LogP contribution in [0.15, 0.2) is 54.6 Å². The zero-order chi connectivity index (χ0) is 13.8. The van der Waals surface area contributed by atoms with E-state index in [1.54, 1.807) is 0 Å². The summed E-state index contributed by atoms with van der Waals surface area (Å²) in [6, 6.07) is 17.7. The number of benzene rings is 2. The first-order valence-corrected chi connectivity index (χ1v) is 7.06. The topological polar surface area (TPSA) is 15.3 Å². The molecule has 0 spiro atoms. The van der Waals surface area contributed by atoms with Crippen molar-refractivity contribution in [3.8, 4) is 0 Å². The molecule has 104 valence electrons. The summed E-state index contributed by atoms with van der Waals surface area (Å²) < 4.78 is 12.9. The first-order chi connectivity index (χ1) is 9.81. The van der Waals surface area contributed by atoms with E-state index in [4.69, 9.17) is 0 Å². The molecule has 20 heavy (non-hydrogen) atoms. The quantitative estimate of drug-likeness (QED) is 0.922. The van der Waals surface area contributed by atoms with Crippen LogP contribution in [0.1, 0.15) is 17.2 Å². The summed E-state index contributed by atoms with van der Waals surface area (Å²) in [5, 5.41) is 3.56. The summed E-state index contributed by atoms with van der Waals surface area (Å²) in [6.45, 7) is 3.88. The lowest BCUT2D eigenvalue weighted by atomic mass is 10.0. The molecule has 1 saturated heterocycles. The zero-order valence-electron chi connectivity index (χ0n) is 11.4. The van der Waals surface area contributed by atoms with E-state index in [9.17, 15) is 4.39 Å². The Labute approximate surface area is 119 Å². The standard InChI is InChI=1S/C17H19FN2/c18-16-8-6-14(7-9-16)12-20-11-10-19-17(13-20)15-4-2-1-3-5-15/h1-9,17,19H,10-13H2. The van der Waals surface area contributed by atoms with E-state index in [1.807, 2.05) is 18.2 Å². The van der Waals surface area contributed by atoms with Crippen molar-refractivity contribution in [2.75, 3.05) is 19.6 Å². The van der Waals surface area contributed by atoms with Crippen molar-refractivity contribution in [3.63, 3.8) is 0 Å². The fourth-order valence-electron chi connectivity index (χ4n) is 2.71. The summed E-state index contributed by atoms with van der Waals surface area (Å²) in [5.41, 5.74) is 2.50. The molecule has 2 aromatic rings. The molecule has 0 saturated carbocycles. The number of rotatable bonds is 3. The molecule has 1 N–H and O–H groups in total. The van der Waals surface area contributed by atoms with Crippen LogP contribution in [0.4, 0.5) is 4.39 Å². The Hall–Kier alpha value is -1.71. The van der Waals surface area contributed by atoms with Gasteiger partial charge in [0.15, 0.2) is 0 Å². The summed E-state index contributed by atoms with van der Waals surface area (Å²) in [5.74, 6) is -0.170. The van der Waals surface area contributed by atoms with Gasteiger partial charge in [-0.05, 0) is 23.3 Å². The van der Waals surface area contributed by atoms with Crippen LogP contribution in [0.5, 0.6) is 0 Å². The zero-order valence-corrected chi connectivity index (χ0v) is 11.4. The van der Waals surface area contributed by atoms with E-state index in [0.29, 0.717) is 6.04 Å². The summed E-state index contributed by atoms with van der Waals surface area (Å²) in [4.78, 5) is 2.42. The van der Waals surface area contributed by atoms with Gasteiger partial charge in [0.05, 0.1) is 0 Å². The number of nitrogens with one attached hydrogen (secondary N) is 1. The molecule has 0 radical (unpaired) electrons. The second kappa shape index (κ2) is 6.16. The molecule has 0 bridgehead atoms. The molecule has 0 aromatic heterocycles. The number of piperazine rings is 1. The normalized spacial score (nSPS) is 19.9. The van der Waals surface area contributed by atoms with Crippen LogP contribution in [0.3, 0.4) is 0 Å². The Morgan fingerprint density at radius 3 is 2.55 bits per heavy atom. The lowest BCUT2D eigenvalue weighted by Crippen LogP contribution is -2.45. The molecule has 1 heterocycles. The van der Waals surface area contributed by atoms with Crippen LogP contribution >= 0.6 is 0 Å². The van der Waals surface area contributed by atoms with Gasteiger partial charge < -0.3 is 5.32 Å². The molecule has 0 amide bonds. The lowest BCUT2D eigenvalue weighted by Gasteiger charge is -2.34. The molecule has 2 nitrogen and oxygen atoms in total. The van der Waals surface area contributed by atoms with Gasteiger partial charge in [0.1, 0.15) is 5.82 Å². The minimum Gasteiger partial charge on any atom is -0.308 e. The van der Waals surface area contributed by atoms with E-state index >= 15 is 0 Å². The van der Waals surface area contributed by atoms with Crippen molar-refractivity contribution in [3.05, 3.63) is 71.5 Å². The van der Waals surface area contributed by atoms with Crippen molar-refractivity contribution in [2.24, 2.45) is 0 Å². The van der Waals surface area contributed by atoms with Crippen molar-refractivity contribution < 1.29 is 4.39 Å². The molecule has 2 aromatic carbocycles. The van der Waals surface area contributed by atoms with E-state index < -0.39 is 0 Å². The smallest absolute Gasteiger partial charge is 0.123 e. The average Bonchev–Trinajstić information content (AvgIpc) is 2.51. The fraction of sp³-hybridized carbons (Fsp3) is 0.294. The molecule has 1 aliphatic rings. The number of hydrogen-bond donors (Lipinski definition) is 1. The number of halogens is 1. The highest BCUT2D eigenvalue weighted by Gasteiger charge is 2.20. The third kappa shape index (κ3) is 3.24. The highest BCUT2D eigenvalue weighted by Crippen LogP contribution is 2.18. The maximum absolute atomic E-state index is 12.9.